The van der Waals surface area contributed by atoms with Crippen molar-refractivity contribution in [3.63, 3.8) is 0 Å². The molecule has 0 bridgehead atoms. The molecule has 25 heavy (non-hydrogen) atoms. The zero-order valence-electron chi connectivity index (χ0n) is 13.9. The van der Waals surface area contributed by atoms with Gasteiger partial charge in [0.15, 0.2) is 0 Å². The van der Waals surface area contributed by atoms with Crippen molar-refractivity contribution in [2.24, 2.45) is 5.92 Å². The summed E-state index contributed by atoms with van der Waals surface area (Å²) in [5.74, 6) is -0.221. The molecule has 0 aromatic carbocycles. The van der Waals surface area contributed by atoms with Gasteiger partial charge in [-0.15, -0.1) is 0 Å². The predicted molar refractivity (Wildman–Crippen MR) is 92.3 cm³/mol. The summed E-state index contributed by atoms with van der Waals surface area (Å²) in [6.45, 7) is 0.960. The molecule has 3 N–H and O–H groups in total. The summed E-state index contributed by atoms with van der Waals surface area (Å²) in [7, 11) is 0. The van der Waals surface area contributed by atoms with E-state index in [1.54, 1.807) is 12.4 Å². The van der Waals surface area contributed by atoms with Crippen molar-refractivity contribution in [1.82, 2.24) is 20.2 Å². The van der Waals surface area contributed by atoms with Gasteiger partial charge in [-0.2, -0.15) is 0 Å². The lowest BCUT2D eigenvalue weighted by molar-refractivity contribution is -0.139. The van der Waals surface area contributed by atoms with E-state index >= 15 is 0 Å². The molecule has 7 heteroatoms. The van der Waals surface area contributed by atoms with Crippen molar-refractivity contribution in [3.05, 3.63) is 30.1 Å². The Morgan fingerprint density at radius 3 is 2.88 bits per heavy atom. The van der Waals surface area contributed by atoms with E-state index in [1.165, 1.54) is 12.8 Å². The Labute approximate surface area is 145 Å². The van der Waals surface area contributed by atoms with Gasteiger partial charge >= 0.3 is 5.97 Å². The number of pyridine rings is 1. The lowest BCUT2D eigenvalue weighted by Crippen LogP contribution is -2.55. The fourth-order valence-electron chi connectivity index (χ4n) is 3.56. The number of amides is 1. The SMILES string of the molecule is O=C(O)CN(CC1CC1)C1CC(NC(=O)c2c[nH]c3ncccc23)C1. The minimum absolute atomic E-state index is 0.0932. The molecule has 0 radical (unpaired) electrons. The maximum absolute atomic E-state index is 12.5. The second-order valence-electron chi connectivity index (χ2n) is 7.16. The van der Waals surface area contributed by atoms with E-state index < -0.39 is 5.97 Å². The van der Waals surface area contributed by atoms with Crippen molar-refractivity contribution in [1.29, 1.82) is 0 Å². The number of aliphatic carboxylic acids is 1. The molecule has 2 aliphatic carbocycles. The molecule has 2 heterocycles. The Morgan fingerprint density at radius 1 is 1.36 bits per heavy atom. The number of hydrogen-bond donors (Lipinski definition) is 3. The topological polar surface area (TPSA) is 98.3 Å². The van der Waals surface area contributed by atoms with E-state index in [4.69, 9.17) is 5.11 Å². The number of carboxylic acids is 1. The zero-order chi connectivity index (χ0) is 17.4. The molecule has 7 nitrogen and oxygen atoms in total. The number of H-pyrrole nitrogens is 1. The predicted octanol–water partition coefficient (Wildman–Crippen LogP) is 1.62. The molecule has 0 aliphatic heterocycles. The van der Waals surface area contributed by atoms with Gasteiger partial charge in [-0.1, -0.05) is 0 Å². The third-order valence-corrected chi connectivity index (χ3v) is 5.19. The second-order valence-corrected chi connectivity index (χ2v) is 7.16. The van der Waals surface area contributed by atoms with Crippen LogP contribution in [-0.4, -0.2) is 57.0 Å². The van der Waals surface area contributed by atoms with E-state index in [2.05, 4.69) is 20.2 Å². The standard InChI is InChI=1S/C18H22N4O3/c23-16(24)10-22(9-11-3-4-11)13-6-12(7-13)21-18(25)15-8-20-17-14(15)2-1-5-19-17/h1-2,5,8,11-13H,3-4,6-7,9-10H2,(H,19,20)(H,21,25)(H,23,24). The fourth-order valence-corrected chi connectivity index (χ4v) is 3.56. The van der Waals surface area contributed by atoms with Crippen molar-refractivity contribution < 1.29 is 14.7 Å². The van der Waals surface area contributed by atoms with Crippen molar-refractivity contribution >= 4 is 22.9 Å². The minimum Gasteiger partial charge on any atom is -0.480 e. The number of carbonyl (C=O) groups excluding carboxylic acids is 1. The second kappa shape index (κ2) is 6.48. The van der Waals surface area contributed by atoms with Crippen LogP contribution in [0.2, 0.25) is 0 Å². The first kappa shape index (κ1) is 16.1. The molecule has 2 fully saturated rings. The van der Waals surface area contributed by atoms with Crippen LogP contribution in [0.25, 0.3) is 11.0 Å². The maximum Gasteiger partial charge on any atom is 0.317 e. The first-order chi connectivity index (χ1) is 12.1. The van der Waals surface area contributed by atoms with Crippen LogP contribution in [0.5, 0.6) is 0 Å². The largest absolute Gasteiger partial charge is 0.480 e. The van der Waals surface area contributed by atoms with Crippen molar-refractivity contribution in [3.8, 4) is 0 Å². The Kier molecular flexibility index (Phi) is 4.17. The number of hydrogen-bond acceptors (Lipinski definition) is 4. The van der Waals surface area contributed by atoms with Gasteiger partial charge in [0.1, 0.15) is 5.65 Å². The number of carboxylic acid groups (broad SMARTS) is 1. The molecule has 132 valence electrons. The van der Waals surface area contributed by atoms with Crippen molar-refractivity contribution in [2.45, 2.75) is 37.8 Å². The zero-order valence-corrected chi connectivity index (χ0v) is 13.9. The third kappa shape index (κ3) is 3.51. The van der Waals surface area contributed by atoms with Crippen LogP contribution in [0.3, 0.4) is 0 Å². The summed E-state index contributed by atoms with van der Waals surface area (Å²) < 4.78 is 0. The van der Waals surface area contributed by atoms with Crippen LogP contribution in [0.1, 0.15) is 36.0 Å². The highest BCUT2D eigenvalue weighted by molar-refractivity contribution is 6.06. The molecule has 2 aliphatic rings. The molecule has 2 saturated carbocycles. The van der Waals surface area contributed by atoms with Crippen molar-refractivity contribution in [2.75, 3.05) is 13.1 Å². The number of aromatic nitrogens is 2. The number of fused-ring (bicyclic) bond motifs is 1. The molecule has 2 aromatic rings. The van der Waals surface area contributed by atoms with Crippen LogP contribution >= 0.6 is 0 Å². The highest BCUT2D eigenvalue weighted by atomic mass is 16.4. The average molecular weight is 342 g/mol. The van der Waals surface area contributed by atoms with Crippen LogP contribution in [0.4, 0.5) is 0 Å². The van der Waals surface area contributed by atoms with Gasteiger partial charge in [-0.05, 0) is 43.7 Å². The number of aromatic amines is 1. The summed E-state index contributed by atoms with van der Waals surface area (Å²) >= 11 is 0. The van der Waals surface area contributed by atoms with Gasteiger partial charge in [-0.3, -0.25) is 14.5 Å². The van der Waals surface area contributed by atoms with Gasteiger partial charge in [0.2, 0.25) is 0 Å². The summed E-state index contributed by atoms with van der Waals surface area (Å²) in [4.78, 5) is 32.8. The van der Waals surface area contributed by atoms with E-state index in [-0.39, 0.29) is 24.5 Å². The third-order valence-electron chi connectivity index (χ3n) is 5.19. The smallest absolute Gasteiger partial charge is 0.317 e. The van der Waals surface area contributed by atoms with Gasteiger partial charge in [0.25, 0.3) is 5.91 Å². The normalized spacial score (nSPS) is 22.8. The molecule has 1 amide bonds. The summed E-state index contributed by atoms with van der Waals surface area (Å²) in [6, 6.07) is 4.05. The van der Waals surface area contributed by atoms with Gasteiger partial charge in [0.05, 0.1) is 12.1 Å². The summed E-state index contributed by atoms with van der Waals surface area (Å²) in [5.41, 5.74) is 1.31. The Hall–Kier alpha value is -2.41. The molecule has 0 spiro atoms. The van der Waals surface area contributed by atoms with E-state index in [0.717, 1.165) is 24.8 Å². The maximum atomic E-state index is 12.5. The van der Waals surface area contributed by atoms with E-state index in [0.29, 0.717) is 17.1 Å². The Bertz CT molecular complexity index is 792. The van der Waals surface area contributed by atoms with E-state index in [1.807, 2.05) is 12.1 Å². The van der Waals surface area contributed by atoms with Gasteiger partial charge < -0.3 is 15.4 Å². The molecular weight excluding hydrogens is 320 g/mol. The number of nitrogens with one attached hydrogen (secondary N) is 2. The summed E-state index contributed by atoms with van der Waals surface area (Å²) in [6.07, 6.45) is 7.41. The lowest BCUT2D eigenvalue weighted by Gasteiger charge is -2.42. The monoisotopic (exact) mass is 342 g/mol. The van der Waals surface area contributed by atoms with Gasteiger partial charge in [-0.25, -0.2) is 4.98 Å². The fraction of sp³-hybridized carbons (Fsp3) is 0.500. The van der Waals surface area contributed by atoms with Gasteiger partial charge in [0, 0.05) is 36.4 Å². The molecule has 2 aromatic heterocycles. The lowest BCUT2D eigenvalue weighted by atomic mass is 9.85. The first-order valence-electron chi connectivity index (χ1n) is 8.79. The highest BCUT2D eigenvalue weighted by Crippen LogP contribution is 2.34. The highest BCUT2D eigenvalue weighted by Gasteiger charge is 2.37. The Balaban J connectivity index is 1.34. The minimum atomic E-state index is -0.778. The summed E-state index contributed by atoms with van der Waals surface area (Å²) in [5, 5.41) is 13.0. The number of nitrogens with zero attached hydrogens (tertiary/aromatic N) is 2. The molecule has 0 saturated heterocycles. The molecule has 0 atom stereocenters. The number of carbonyl (C=O) groups is 2. The van der Waals surface area contributed by atoms with Crippen LogP contribution in [0.15, 0.2) is 24.5 Å². The Morgan fingerprint density at radius 2 is 2.16 bits per heavy atom. The number of rotatable bonds is 7. The average Bonchev–Trinajstić information content (AvgIpc) is 3.24. The quantitative estimate of drug-likeness (QED) is 0.710. The van der Waals surface area contributed by atoms with Crippen LogP contribution in [0, 0.1) is 5.92 Å². The van der Waals surface area contributed by atoms with Crippen LogP contribution in [-0.2, 0) is 4.79 Å². The van der Waals surface area contributed by atoms with Crippen LogP contribution < -0.4 is 5.32 Å². The first-order valence-corrected chi connectivity index (χ1v) is 8.79. The van der Waals surface area contributed by atoms with E-state index in [9.17, 15) is 9.59 Å². The molecule has 4 rings (SSSR count). The molecule has 0 unspecified atom stereocenters. The molecular formula is C18H22N4O3.